The van der Waals surface area contributed by atoms with E-state index in [2.05, 4.69) is 20.1 Å². The zero-order valence-electron chi connectivity index (χ0n) is 9.15. The zero-order valence-corrected chi connectivity index (χ0v) is 10.7. The maximum atomic E-state index is 5.38. The van der Waals surface area contributed by atoms with Crippen molar-refractivity contribution in [2.45, 2.75) is 17.9 Å². The quantitative estimate of drug-likeness (QED) is 0.256. The molecule has 0 atom stereocenters. The van der Waals surface area contributed by atoms with Gasteiger partial charge in [0.15, 0.2) is 0 Å². The molecule has 0 fully saturated rings. The van der Waals surface area contributed by atoms with Crippen molar-refractivity contribution in [3.8, 4) is 0 Å². The normalized spacial score (nSPS) is 10.5. The van der Waals surface area contributed by atoms with Crippen LogP contribution < -0.4 is 0 Å². The van der Waals surface area contributed by atoms with E-state index < -0.39 is 19.5 Å². The fourth-order valence-electron chi connectivity index (χ4n) is 0.666. The van der Waals surface area contributed by atoms with Gasteiger partial charge in [-0.2, -0.15) is 0 Å². The molecular weight excluding hydrogens is 228 g/mol. The van der Waals surface area contributed by atoms with Gasteiger partial charge in [0.25, 0.3) is 0 Å². The van der Waals surface area contributed by atoms with Crippen molar-refractivity contribution in [3.05, 3.63) is 37.6 Å². The van der Waals surface area contributed by atoms with E-state index in [0.29, 0.717) is 13.2 Å². The second kappa shape index (κ2) is 11.7. The molecule has 0 bridgehead atoms. The van der Waals surface area contributed by atoms with Crippen LogP contribution in [0.25, 0.3) is 0 Å². The van der Waals surface area contributed by atoms with E-state index in [9.17, 15) is 0 Å². The van der Waals surface area contributed by atoms with Gasteiger partial charge < -0.3 is 0 Å². The Kier molecular flexibility index (Phi) is 11.5. The van der Waals surface area contributed by atoms with Crippen LogP contribution in [0.4, 0.5) is 0 Å². The first-order chi connectivity index (χ1) is 7.35. The summed E-state index contributed by atoms with van der Waals surface area (Å²) in [6.07, 6.45) is 8.03. The van der Waals surface area contributed by atoms with E-state index in [-0.39, 0.29) is 4.59 Å². The van der Waals surface area contributed by atoms with E-state index in [1.54, 1.807) is 18.4 Å². The fourth-order valence-corrected chi connectivity index (χ4v) is 1.63. The van der Waals surface area contributed by atoms with Gasteiger partial charge in [0.1, 0.15) is 0 Å². The molecule has 0 aliphatic rings. The Morgan fingerprint density at radius 1 is 1.20 bits per heavy atom. The molecule has 84 valence electrons. The Morgan fingerprint density at radius 2 is 1.80 bits per heavy atom. The van der Waals surface area contributed by atoms with Crippen LogP contribution in [-0.4, -0.2) is 17.8 Å². The standard InChI is InChI=1S/C7H11O2.C4H8O.Ti/c1-3-5-8-7-9-6-4-2;1-2-3-4-5;/h3-4,7H,1-2,5-6H2;3-5H,2H2,1H3;/q;;+1/p-1. The Labute approximate surface area is 101 Å². The Hall–Kier alpha value is -0.346. The Balaban J connectivity index is 3.72. The molecule has 0 aliphatic carbocycles. The molecule has 0 radical (unpaired) electrons. The second-order valence-electron chi connectivity index (χ2n) is 2.59. The minimum absolute atomic E-state index is 0.248. The predicted molar refractivity (Wildman–Crippen MR) is 56.6 cm³/mol. The minimum atomic E-state index is -0.739. The van der Waals surface area contributed by atoms with Gasteiger partial charge in [-0.1, -0.05) is 0 Å². The van der Waals surface area contributed by atoms with Gasteiger partial charge in [-0.15, -0.1) is 0 Å². The van der Waals surface area contributed by atoms with E-state index >= 15 is 0 Å². The van der Waals surface area contributed by atoms with Gasteiger partial charge in [-0.05, 0) is 0 Å². The molecular formula is C11H18O3Ti. The van der Waals surface area contributed by atoms with Crippen LogP contribution in [0.1, 0.15) is 13.3 Å². The van der Waals surface area contributed by atoms with Crippen LogP contribution in [0.2, 0.25) is 0 Å². The van der Waals surface area contributed by atoms with Crippen molar-refractivity contribution in [3.63, 3.8) is 0 Å². The summed E-state index contributed by atoms with van der Waals surface area (Å²) in [5.74, 6) is 0. The molecule has 0 N–H and O–H groups in total. The Morgan fingerprint density at radius 3 is 2.27 bits per heavy atom. The van der Waals surface area contributed by atoms with Crippen LogP contribution in [0, 0.1) is 0 Å². The molecule has 0 unspecified atom stereocenters. The van der Waals surface area contributed by atoms with Crippen molar-refractivity contribution >= 4 is 0 Å². The van der Waals surface area contributed by atoms with Crippen LogP contribution in [0.15, 0.2) is 37.6 Å². The molecule has 0 saturated carbocycles. The van der Waals surface area contributed by atoms with Crippen molar-refractivity contribution < 1.29 is 32.3 Å². The third-order valence-corrected chi connectivity index (χ3v) is 2.54. The summed E-state index contributed by atoms with van der Waals surface area (Å²) < 4.78 is 15.9. The number of rotatable bonds is 10. The summed E-state index contributed by atoms with van der Waals surface area (Å²) in [5, 5.41) is 0. The summed E-state index contributed by atoms with van der Waals surface area (Å²) in [6.45, 7) is 10.2. The predicted octanol–water partition coefficient (Wildman–Crippen LogP) is 2.61. The molecule has 0 aromatic heterocycles. The Bertz CT molecular complexity index is 180. The monoisotopic (exact) mass is 246 g/mol. The maximum absolute atomic E-state index is 5.38. The SMILES string of the molecule is C=CCO[CH](OCC=C)[Ti][O]C=CCC. The fraction of sp³-hybridized carbons (Fsp3) is 0.455. The van der Waals surface area contributed by atoms with Gasteiger partial charge in [0, 0.05) is 0 Å². The van der Waals surface area contributed by atoms with Gasteiger partial charge in [0.2, 0.25) is 0 Å². The summed E-state index contributed by atoms with van der Waals surface area (Å²) in [7, 11) is 0. The van der Waals surface area contributed by atoms with Crippen LogP contribution in [0.5, 0.6) is 0 Å². The van der Waals surface area contributed by atoms with Crippen molar-refractivity contribution in [2.24, 2.45) is 0 Å². The second-order valence-corrected chi connectivity index (χ2v) is 4.06. The van der Waals surface area contributed by atoms with E-state index in [4.69, 9.17) is 12.8 Å². The van der Waals surface area contributed by atoms with Gasteiger partial charge in [-0.3, -0.25) is 0 Å². The molecule has 15 heavy (non-hydrogen) atoms. The van der Waals surface area contributed by atoms with Crippen molar-refractivity contribution in [1.82, 2.24) is 0 Å². The number of ether oxygens (including phenoxy) is 2. The number of allylic oxidation sites excluding steroid dienone is 1. The van der Waals surface area contributed by atoms with E-state index in [1.807, 2.05) is 6.08 Å². The van der Waals surface area contributed by atoms with E-state index in [1.165, 1.54) is 0 Å². The molecule has 0 aromatic rings. The molecule has 3 nitrogen and oxygen atoms in total. The average molecular weight is 246 g/mol. The first kappa shape index (κ1) is 14.7. The van der Waals surface area contributed by atoms with Crippen molar-refractivity contribution in [2.75, 3.05) is 13.2 Å². The molecule has 4 heteroatoms. The summed E-state index contributed by atoms with van der Waals surface area (Å²) in [5.41, 5.74) is 0. The van der Waals surface area contributed by atoms with Crippen LogP contribution >= 0.6 is 0 Å². The first-order valence-electron chi connectivity index (χ1n) is 4.86. The van der Waals surface area contributed by atoms with E-state index in [0.717, 1.165) is 6.42 Å². The summed E-state index contributed by atoms with van der Waals surface area (Å²) in [4.78, 5) is 0. The summed E-state index contributed by atoms with van der Waals surface area (Å²) >= 11 is -0.739. The van der Waals surface area contributed by atoms with Crippen molar-refractivity contribution in [1.29, 1.82) is 0 Å². The first-order valence-corrected chi connectivity index (χ1v) is 6.40. The van der Waals surface area contributed by atoms with Crippen LogP contribution in [-0.2, 0) is 32.3 Å². The van der Waals surface area contributed by atoms with Gasteiger partial charge in [0.05, 0.1) is 0 Å². The van der Waals surface area contributed by atoms with Gasteiger partial charge >= 0.3 is 101 Å². The van der Waals surface area contributed by atoms with Crippen LogP contribution in [0.3, 0.4) is 0 Å². The zero-order chi connectivity index (χ0) is 11.4. The molecule has 0 rings (SSSR count). The average Bonchev–Trinajstić information content (AvgIpc) is 2.27. The number of hydrogen-bond acceptors (Lipinski definition) is 3. The molecule has 0 amide bonds. The third-order valence-electron chi connectivity index (χ3n) is 1.30. The molecule has 0 spiro atoms. The molecule has 0 aliphatic heterocycles. The summed E-state index contributed by atoms with van der Waals surface area (Å²) in [6, 6.07) is 0. The molecule has 0 aromatic carbocycles. The third kappa shape index (κ3) is 9.95. The van der Waals surface area contributed by atoms with Gasteiger partial charge in [-0.25, -0.2) is 0 Å². The number of hydrogen-bond donors (Lipinski definition) is 0. The topological polar surface area (TPSA) is 27.7 Å². The molecule has 0 saturated heterocycles. The molecule has 0 heterocycles.